The number of hydrogen-bond acceptors (Lipinski definition) is 2. The molecule has 0 radical (unpaired) electrons. The van der Waals surface area contributed by atoms with E-state index in [0.717, 1.165) is 17.9 Å². The van der Waals surface area contributed by atoms with E-state index in [1.54, 1.807) is 14.2 Å². The lowest BCUT2D eigenvalue weighted by Gasteiger charge is -2.33. The van der Waals surface area contributed by atoms with Crippen molar-refractivity contribution in [3.63, 3.8) is 0 Å². The molecule has 2 heteroatoms. The first-order valence-electron chi connectivity index (χ1n) is 9.90. The van der Waals surface area contributed by atoms with Crippen LogP contribution in [0.5, 0.6) is 11.5 Å². The molecule has 29 heavy (non-hydrogen) atoms. The molecule has 0 N–H and O–H groups in total. The van der Waals surface area contributed by atoms with Gasteiger partial charge in [0.15, 0.2) is 0 Å². The van der Waals surface area contributed by atoms with E-state index in [2.05, 4.69) is 73.7 Å². The molecule has 0 atom stereocenters. The largest absolute Gasteiger partial charge is 0.497 e. The highest BCUT2D eigenvalue weighted by Crippen LogP contribution is 2.52. The van der Waals surface area contributed by atoms with Gasteiger partial charge < -0.3 is 9.47 Å². The van der Waals surface area contributed by atoms with Gasteiger partial charge in [0.2, 0.25) is 0 Å². The Morgan fingerprint density at radius 1 is 0.621 bits per heavy atom. The van der Waals surface area contributed by atoms with E-state index >= 15 is 0 Å². The minimum absolute atomic E-state index is 0.134. The highest BCUT2D eigenvalue weighted by Gasteiger charge is 2.37. The van der Waals surface area contributed by atoms with Crippen LogP contribution in [0.1, 0.15) is 23.6 Å². The third-order valence-electron chi connectivity index (χ3n) is 5.81. The van der Waals surface area contributed by atoms with Gasteiger partial charge in [-0.1, -0.05) is 73.7 Å². The summed E-state index contributed by atoms with van der Waals surface area (Å²) < 4.78 is 10.7. The molecule has 3 aromatic carbocycles. The summed E-state index contributed by atoms with van der Waals surface area (Å²) in [4.78, 5) is 0. The average Bonchev–Trinajstić information content (AvgIpc) is 3.11. The maximum absolute atomic E-state index is 5.35. The van der Waals surface area contributed by atoms with E-state index in [1.165, 1.54) is 27.8 Å². The van der Waals surface area contributed by atoms with Gasteiger partial charge in [0.1, 0.15) is 11.5 Å². The van der Waals surface area contributed by atoms with Crippen molar-refractivity contribution in [2.24, 2.45) is 5.41 Å². The summed E-state index contributed by atoms with van der Waals surface area (Å²) in [7, 11) is 3.40. The first-order valence-corrected chi connectivity index (χ1v) is 9.90. The van der Waals surface area contributed by atoms with Crippen LogP contribution in [-0.4, -0.2) is 14.2 Å². The number of ether oxygens (including phenoxy) is 2. The average molecular weight is 383 g/mol. The number of hydrogen-bond donors (Lipinski definition) is 0. The Hall–Kier alpha value is -3.26. The summed E-state index contributed by atoms with van der Waals surface area (Å²) >= 11 is 0. The lowest BCUT2D eigenvalue weighted by atomic mass is 9.70. The Balaban J connectivity index is 1.75. The van der Waals surface area contributed by atoms with Gasteiger partial charge in [0, 0.05) is 5.41 Å². The molecule has 0 saturated carbocycles. The van der Waals surface area contributed by atoms with E-state index in [0.29, 0.717) is 0 Å². The molecule has 0 aliphatic heterocycles. The van der Waals surface area contributed by atoms with Gasteiger partial charge in [-0.25, -0.2) is 0 Å². The van der Waals surface area contributed by atoms with Crippen molar-refractivity contribution in [3.8, 4) is 11.5 Å². The Kier molecular flexibility index (Phi) is 5.26. The monoisotopic (exact) mass is 382 g/mol. The summed E-state index contributed by atoms with van der Waals surface area (Å²) in [5.41, 5.74) is 6.30. The second-order valence-electron chi connectivity index (χ2n) is 7.61. The molecule has 4 rings (SSSR count). The van der Waals surface area contributed by atoms with Crippen LogP contribution in [0.25, 0.3) is 11.1 Å². The van der Waals surface area contributed by atoms with Crippen molar-refractivity contribution in [2.45, 2.75) is 13.3 Å². The van der Waals surface area contributed by atoms with Gasteiger partial charge in [-0.2, -0.15) is 0 Å². The van der Waals surface area contributed by atoms with Gasteiger partial charge in [-0.05, 0) is 58.5 Å². The molecule has 0 aromatic heterocycles. The summed E-state index contributed by atoms with van der Waals surface area (Å²) in [5.74, 6) is 1.75. The van der Waals surface area contributed by atoms with E-state index in [-0.39, 0.29) is 5.41 Å². The maximum Gasteiger partial charge on any atom is 0.118 e. The van der Waals surface area contributed by atoms with Crippen LogP contribution in [0, 0.1) is 5.41 Å². The minimum Gasteiger partial charge on any atom is -0.497 e. The third kappa shape index (κ3) is 3.71. The van der Waals surface area contributed by atoms with E-state index in [9.17, 15) is 0 Å². The fraction of sp³-hybridized carbons (Fsp3) is 0.185. The standard InChI is InChI=1S/C27H26O2/c1-27(19-20-7-5-4-6-8-20)25(21-9-13-23(28-2)14-10-21)17-18-26(27)22-11-15-24(29-3)16-12-22/h4-18H,19H2,1-3H3. The Bertz CT molecular complexity index is 963. The smallest absolute Gasteiger partial charge is 0.118 e. The molecule has 1 aliphatic rings. The van der Waals surface area contributed by atoms with Crippen LogP contribution in [0.3, 0.4) is 0 Å². The molecule has 146 valence electrons. The lowest BCUT2D eigenvalue weighted by molar-refractivity contribution is 0.414. The summed E-state index contributed by atoms with van der Waals surface area (Å²) in [6.45, 7) is 2.35. The van der Waals surface area contributed by atoms with Crippen LogP contribution in [0.15, 0.2) is 91.0 Å². The van der Waals surface area contributed by atoms with Crippen LogP contribution in [-0.2, 0) is 6.42 Å². The zero-order valence-corrected chi connectivity index (χ0v) is 17.2. The number of benzene rings is 3. The number of methoxy groups -OCH3 is 2. The fourth-order valence-corrected chi connectivity index (χ4v) is 4.24. The quantitative estimate of drug-likeness (QED) is 0.489. The van der Waals surface area contributed by atoms with Crippen LogP contribution >= 0.6 is 0 Å². The van der Waals surface area contributed by atoms with Gasteiger partial charge in [0.05, 0.1) is 14.2 Å². The zero-order chi connectivity index (χ0) is 20.3. The van der Waals surface area contributed by atoms with E-state index < -0.39 is 0 Å². The predicted molar refractivity (Wildman–Crippen MR) is 120 cm³/mol. The molecule has 1 aliphatic carbocycles. The van der Waals surface area contributed by atoms with Crippen LogP contribution < -0.4 is 9.47 Å². The number of allylic oxidation sites excluding steroid dienone is 4. The van der Waals surface area contributed by atoms with E-state index in [4.69, 9.17) is 9.47 Å². The molecule has 0 spiro atoms. The van der Waals surface area contributed by atoms with Crippen LogP contribution in [0.4, 0.5) is 0 Å². The second-order valence-corrected chi connectivity index (χ2v) is 7.61. The highest BCUT2D eigenvalue weighted by molar-refractivity contribution is 5.93. The third-order valence-corrected chi connectivity index (χ3v) is 5.81. The molecule has 0 heterocycles. The SMILES string of the molecule is COc1ccc(C2=CC=C(c3ccc(OC)cc3)C2(C)Cc2ccccc2)cc1. The predicted octanol–water partition coefficient (Wildman–Crippen LogP) is 6.43. The Morgan fingerprint density at radius 2 is 1.07 bits per heavy atom. The van der Waals surface area contributed by atoms with Crippen molar-refractivity contribution < 1.29 is 9.47 Å². The first kappa shape index (κ1) is 19.1. The van der Waals surface area contributed by atoms with Gasteiger partial charge in [-0.3, -0.25) is 0 Å². The fourth-order valence-electron chi connectivity index (χ4n) is 4.24. The molecule has 0 fully saturated rings. The minimum atomic E-state index is -0.134. The van der Waals surface area contributed by atoms with E-state index in [1.807, 2.05) is 24.3 Å². The first-order chi connectivity index (χ1) is 14.1. The Labute approximate surface area is 173 Å². The summed E-state index contributed by atoms with van der Waals surface area (Å²) in [5, 5.41) is 0. The maximum atomic E-state index is 5.35. The van der Waals surface area contributed by atoms with Crippen LogP contribution in [0.2, 0.25) is 0 Å². The molecular weight excluding hydrogens is 356 g/mol. The van der Waals surface area contributed by atoms with Crippen molar-refractivity contribution in [1.82, 2.24) is 0 Å². The van der Waals surface area contributed by atoms with Gasteiger partial charge in [-0.15, -0.1) is 0 Å². The molecular formula is C27H26O2. The van der Waals surface area contributed by atoms with Gasteiger partial charge >= 0.3 is 0 Å². The topological polar surface area (TPSA) is 18.5 Å². The summed E-state index contributed by atoms with van der Waals surface area (Å²) in [6, 6.07) is 27.4. The Morgan fingerprint density at radius 3 is 1.48 bits per heavy atom. The molecule has 3 aromatic rings. The highest BCUT2D eigenvalue weighted by atomic mass is 16.5. The van der Waals surface area contributed by atoms with Gasteiger partial charge in [0.25, 0.3) is 0 Å². The summed E-state index contributed by atoms with van der Waals surface area (Å²) in [6.07, 6.45) is 5.47. The number of rotatable bonds is 6. The van der Waals surface area contributed by atoms with Crippen molar-refractivity contribution in [2.75, 3.05) is 14.2 Å². The van der Waals surface area contributed by atoms with Crippen molar-refractivity contribution in [1.29, 1.82) is 0 Å². The van der Waals surface area contributed by atoms with Crippen molar-refractivity contribution >= 4 is 11.1 Å². The molecule has 0 unspecified atom stereocenters. The molecule has 0 saturated heterocycles. The molecule has 2 nitrogen and oxygen atoms in total. The second kappa shape index (κ2) is 8.00. The molecule has 0 amide bonds. The molecule has 0 bridgehead atoms. The van der Waals surface area contributed by atoms with Crippen molar-refractivity contribution in [3.05, 3.63) is 108 Å². The normalized spacial score (nSPS) is 14.9. The lowest BCUT2D eigenvalue weighted by Crippen LogP contribution is -2.21. The zero-order valence-electron chi connectivity index (χ0n) is 17.2.